The molecule has 3 rings (SSSR count). The number of hydrogen-bond acceptors (Lipinski definition) is 8. The Morgan fingerprint density at radius 3 is 2.73 bits per heavy atom. The lowest BCUT2D eigenvalue weighted by molar-refractivity contribution is -0.0429. The number of aromatic nitrogens is 2. The van der Waals surface area contributed by atoms with Crippen LogP contribution >= 0.6 is 11.5 Å². The van der Waals surface area contributed by atoms with Crippen molar-refractivity contribution in [2.24, 2.45) is 10.2 Å². The second-order valence-corrected chi connectivity index (χ2v) is 7.93. The van der Waals surface area contributed by atoms with Crippen LogP contribution in [0.3, 0.4) is 0 Å². The summed E-state index contributed by atoms with van der Waals surface area (Å²) in [6.45, 7) is 0.712. The van der Waals surface area contributed by atoms with Crippen molar-refractivity contribution in [3.8, 4) is 0 Å². The third-order valence-electron chi connectivity index (χ3n) is 3.69. The van der Waals surface area contributed by atoms with Gasteiger partial charge in [0.1, 0.15) is 12.0 Å². The lowest BCUT2D eigenvalue weighted by atomic mass is 10.0. The number of aryl methyl sites for hydroxylation is 1. The molecule has 0 amide bonds. The number of azo groups is 1. The molecule has 26 heavy (non-hydrogen) atoms. The number of alkyl halides is 3. The van der Waals surface area contributed by atoms with E-state index in [1.54, 1.807) is 11.8 Å². The molecular formula is C13H13F3N6O2S2. The van der Waals surface area contributed by atoms with Crippen LogP contribution in [0.2, 0.25) is 0 Å². The van der Waals surface area contributed by atoms with Gasteiger partial charge in [0.15, 0.2) is 0 Å². The summed E-state index contributed by atoms with van der Waals surface area (Å²) in [5, 5.41) is 7.86. The Kier molecular flexibility index (Phi) is 4.84. The minimum Gasteiger partial charge on any atom is -0.374 e. The zero-order chi connectivity index (χ0) is 18.9. The fraction of sp³-hybridized carbons (Fsp3) is 0.385. The molecule has 0 saturated carbocycles. The van der Waals surface area contributed by atoms with Crippen molar-refractivity contribution >= 4 is 43.7 Å². The molecule has 2 heterocycles. The predicted octanol–water partition coefficient (Wildman–Crippen LogP) is 3.60. The molecule has 0 spiro atoms. The van der Waals surface area contributed by atoms with Crippen LogP contribution in [-0.2, 0) is 16.4 Å². The number of hydrogen-bond donors (Lipinski definition) is 1. The summed E-state index contributed by atoms with van der Waals surface area (Å²) in [4.78, 5) is 5.64. The molecular weight excluding hydrogens is 393 g/mol. The molecule has 0 atom stereocenters. The van der Waals surface area contributed by atoms with E-state index in [2.05, 4.69) is 19.6 Å². The number of fused-ring (bicyclic) bond motifs is 1. The monoisotopic (exact) mass is 406 g/mol. The normalized spacial score (nSPS) is 15.3. The molecule has 0 aliphatic carbocycles. The molecule has 1 N–H and O–H groups in total. The summed E-state index contributed by atoms with van der Waals surface area (Å²) in [6, 6.07) is 2.87. The Balaban J connectivity index is 2.06. The maximum absolute atomic E-state index is 12.7. The quantitative estimate of drug-likeness (QED) is 0.782. The van der Waals surface area contributed by atoms with Crippen LogP contribution in [0.25, 0.3) is 0 Å². The predicted molar refractivity (Wildman–Crippen MR) is 90.7 cm³/mol. The van der Waals surface area contributed by atoms with E-state index in [1.165, 1.54) is 18.5 Å². The van der Waals surface area contributed by atoms with Crippen molar-refractivity contribution in [2.45, 2.75) is 18.3 Å². The number of rotatable bonds is 4. The van der Waals surface area contributed by atoms with Crippen molar-refractivity contribution in [3.63, 3.8) is 0 Å². The van der Waals surface area contributed by atoms with Gasteiger partial charge in [-0.2, -0.15) is 26.0 Å². The molecule has 0 radical (unpaired) electrons. The lowest BCUT2D eigenvalue weighted by Gasteiger charge is -2.28. The topological polar surface area (TPSA) is 99.9 Å². The number of nitrogens with one attached hydrogen (secondary N) is 1. The zero-order valence-electron chi connectivity index (χ0n) is 13.4. The van der Waals surface area contributed by atoms with Crippen molar-refractivity contribution in [1.29, 1.82) is 0 Å². The van der Waals surface area contributed by atoms with Gasteiger partial charge in [0, 0.05) is 30.8 Å². The first-order valence-corrected chi connectivity index (χ1v) is 9.58. The first kappa shape index (κ1) is 18.5. The van der Waals surface area contributed by atoms with Crippen LogP contribution < -0.4 is 9.62 Å². The third-order valence-corrected chi connectivity index (χ3v) is 5.34. The molecule has 2 aromatic rings. The summed E-state index contributed by atoms with van der Waals surface area (Å²) in [7, 11) is -3.80. The van der Waals surface area contributed by atoms with Crippen molar-refractivity contribution in [3.05, 3.63) is 24.0 Å². The number of benzene rings is 1. The van der Waals surface area contributed by atoms with Crippen molar-refractivity contribution in [2.75, 3.05) is 23.2 Å². The molecule has 140 valence electrons. The molecule has 1 aromatic carbocycles. The van der Waals surface area contributed by atoms with E-state index in [9.17, 15) is 21.6 Å². The minimum atomic E-state index is -5.58. The Morgan fingerprint density at radius 1 is 1.31 bits per heavy atom. The van der Waals surface area contributed by atoms with Crippen LogP contribution in [0.4, 0.5) is 35.4 Å². The van der Waals surface area contributed by atoms with Crippen LogP contribution in [0.15, 0.2) is 28.7 Å². The van der Waals surface area contributed by atoms with Gasteiger partial charge in [0.2, 0.25) is 5.13 Å². The number of sulfonamides is 1. The summed E-state index contributed by atoms with van der Waals surface area (Å²) >= 11 is 0.946. The van der Waals surface area contributed by atoms with Gasteiger partial charge in [-0.05, 0) is 30.5 Å². The second kappa shape index (κ2) is 6.79. The van der Waals surface area contributed by atoms with Gasteiger partial charge >= 0.3 is 15.5 Å². The van der Waals surface area contributed by atoms with Gasteiger partial charge in [-0.15, -0.1) is 10.2 Å². The Labute approximate surface area is 151 Å². The summed E-state index contributed by atoms with van der Waals surface area (Å²) in [5.74, 6) is 0. The standard InChI is InChI=1S/C13H13F3N6O2S2/c1-22-4-2-3-8-5-9(19-20-12-17-7-18-25-12)10(6-11(8)22)21-26(23,24)13(14,15)16/h5-7,21H,2-4H2,1H3. The van der Waals surface area contributed by atoms with Crippen LogP contribution in [0, 0.1) is 0 Å². The van der Waals surface area contributed by atoms with Gasteiger partial charge in [0.25, 0.3) is 0 Å². The van der Waals surface area contributed by atoms with Crippen LogP contribution in [-0.4, -0.2) is 36.9 Å². The van der Waals surface area contributed by atoms with Gasteiger partial charge in [-0.25, -0.2) is 4.98 Å². The SMILES string of the molecule is CN1CCCc2cc(N=Nc3ncns3)c(NS(=O)(=O)C(F)(F)F)cc21. The molecule has 1 aromatic heterocycles. The Hall–Kier alpha value is -2.28. The highest BCUT2D eigenvalue weighted by molar-refractivity contribution is 7.93. The van der Waals surface area contributed by atoms with Crippen LogP contribution in [0.1, 0.15) is 12.0 Å². The third kappa shape index (κ3) is 3.77. The Bertz CT molecular complexity index is 928. The smallest absolute Gasteiger partial charge is 0.374 e. The highest BCUT2D eigenvalue weighted by Crippen LogP contribution is 2.39. The molecule has 0 saturated heterocycles. The highest BCUT2D eigenvalue weighted by atomic mass is 32.2. The molecule has 8 nitrogen and oxygen atoms in total. The van der Waals surface area contributed by atoms with E-state index in [0.29, 0.717) is 18.7 Å². The fourth-order valence-corrected chi connectivity index (χ4v) is 3.41. The fourth-order valence-electron chi connectivity index (χ4n) is 2.48. The first-order chi connectivity index (χ1) is 12.2. The average molecular weight is 406 g/mol. The molecule has 13 heteroatoms. The maximum Gasteiger partial charge on any atom is 0.516 e. The second-order valence-electron chi connectivity index (χ2n) is 5.50. The van der Waals surface area contributed by atoms with Gasteiger partial charge in [-0.3, -0.25) is 4.72 Å². The van der Waals surface area contributed by atoms with Crippen LogP contribution in [0.5, 0.6) is 0 Å². The summed E-state index contributed by atoms with van der Waals surface area (Å²) in [6.07, 6.45) is 2.82. The van der Waals surface area contributed by atoms with E-state index >= 15 is 0 Å². The lowest BCUT2D eigenvalue weighted by Crippen LogP contribution is -2.30. The molecule has 1 aliphatic rings. The molecule has 0 unspecified atom stereocenters. The Morgan fingerprint density at radius 2 is 2.08 bits per heavy atom. The minimum absolute atomic E-state index is 0.0259. The van der Waals surface area contributed by atoms with Gasteiger partial charge < -0.3 is 4.90 Å². The van der Waals surface area contributed by atoms with Gasteiger partial charge in [0.05, 0.1) is 5.69 Å². The average Bonchev–Trinajstić information content (AvgIpc) is 3.06. The molecule has 0 bridgehead atoms. The number of nitrogens with zero attached hydrogens (tertiary/aromatic N) is 5. The number of anilines is 2. The molecule has 0 fully saturated rings. The molecule has 1 aliphatic heterocycles. The summed E-state index contributed by atoms with van der Waals surface area (Å²) < 4.78 is 66.6. The van der Waals surface area contributed by atoms with E-state index in [4.69, 9.17) is 0 Å². The van der Waals surface area contributed by atoms with Crippen molar-refractivity contribution in [1.82, 2.24) is 9.36 Å². The summed E-state index contributed by atoms with van der Waals surface area (Å²) in [5.41, 5.74) is -4.28. The largest absolute Gasteiger partial charge is 0.516 e. The van der Waals surface area contributed by atoms with Crippen molar-refractivity contribution < 1.29 is 21.6 Å². The zero-order valence-corrected chi connectivity index (χ0v) is 15.0. The van der Waals surface area contributed by atoms with E-state index < -0.39 is 15.5 Å². The maximum atomic E-state index is 12.7. The van der Waals surface area contributed by atoms with E-state index in [-0.39, 0.29) is 16.5 Å². The van der Waals surface area contributed by atoms with E-state index in [0.717, 1.165) is 23.5 Å². The van der Waals surface area contributed by atoms with E-state index in [1.807, 2.05) is 4.90 Å². The highest BCUT2D eigenvalue weighted by Gasteiger charge is 2.46. The van der Waals surface area contributed by atoms with Gasteiger partial charge in [-0.1, -0.05) is 0 Å². The number of halogens is 3. The first-order valence-electron chi connectivity index (χ1n) is 7.33.